The summed E-state index contributed by atoms with van der Waals surface area (Å²) in [6, 6.07) is 0. The molecule has 0 aliphatic heterocycles. The molecule has 0 bridgehead atoms. The van der Waals surface area contributed by atoms with E-state index in [9.17, 15) is 26.3 Å². The molecule has 2 nitrogen and oxygen atoms in total. The maximum Gasteiger partial charge on any atom is 0.340 e. The van der Waals surface area contributed by atoms with Crippen molar-refractivity contribution >= 4 is 0 Å². The van der Waals surface area contributed by atoms with Crippen molar-refractivity contribution in [2.24, 2.45) is 0 Å². The molecule has 0 N–H and O–H groups in total. The third-order valence-electron chi connectivity index (χ3n) is 1.48. The van der Waals surface area contributed by atoms with Crippen molar-refractivity contribution in [3.8, 4) is 0 Å². The third kappa shape index (κ3) is 6.40. The summed E-state index contributed by atoms with van der Waals surface area (Å²) in [6.45, 7) is -1.78. The first-order valence-corrected chi connectivity index (χ1v) is 4.56. The highest BCUT2D eigenvalue weighted by Crippen LogP contribution is 2.25. The molecule has 0 unspecified atom stereocenters. The van der Waals surface area contributed by atoms with Gasteiger partial charge in [-0.15, -0.1) is 0 Å². The number of quaternary nitrogens is 1. The monoisotopic (exact) mass is 266 g/mol. The molecule has 0 heterocycles. The lowest BCUT2D eigenvalue weighted by molar-refractivity contribution is -0.818. The third-order valence-corrected chi connectivity index (χ3v) is 1.48. The van der Waals surface area contributed by atoms with Crippen LogP contribution >= 0.6 is 0 Å². The lowest BCUT2D eigenvalue weighted by Crippen LogP contribution is -2.34. The van der Waals surface area contributed by atoms with E-state index < -0.39 is 31.1 Å². The van der Waals surface area contributed by atoms with E-state index in [-0.39, 0.29) is 4.48 Å². The number of allylic oxidation sites excluding steroid dienone is 1. The van der Waals surface area contributed by atoms with Crippen molar-refractivity contribution in [3.05, 3.63) is 12.0 Å². The van der Waals surface area contributed by atoms with Gasteiger partial charge in [-0.1, -0.05) is 0 Å². The fraction of sp³-hybridized carbons (Fsp3) is 0.778. The number of hydrogen-bond donors (Lipinski definition) is 0. The van der Waals surface area contributed by atoms with Gasteiger partial charge in [0.1, 0.15) is 6.20 Å². The molecule has 0 atom stereocenters. The van der Waals surface area contributed by atoms with Crippen LogP contribution in [-0.2, 0) is 4.74 Å². The summed E-state index contributed by atoms with van der Waals surface area (Å²) < 4.78 is 77.1. The van der Waals surface area contributed by atoms with E-state index in [1.807, 2.05) is 0 Å². The van der Waals surface area contributed by atoms with Crippen LogP contribution in [-0.4, -0.2) is 51.0 Å². The smallest absolute Gasteiger partial charge is 0.340 e. The van der Waals surface area contributed by atoms with Crippen molar-refractivity contribution in [2.75, 3.05) is 27.7 Å². The minimum absolute atomic E-state index is 0.111. The van der Waals surface area contributed by atoms with Crippen LogP contribution in [0, 0.1) is 0 Å². The minimum atomic E-state index is -4.45. The summed E-state index contributed by atoms with van der Waals surface area (Å²) in [5.74, 6) is -5.49. The molecule has 0 aromatic carbocycles. The van der Waals surface area contributed by atoms with E-state index >= 15 is 0 Å². The second-order valence-corrected chi connectivity index (χ2v) is 4.30. The lowest BCUT2D eigenvalue weighted by atomic mass is 10.4. The zero-order valence-corrected chi connectivity index (χ0v) is 9.56. The number of ether oxygens (including phenoxy) is 1. The van der Waals surface area contributed by atoms with Crippen LogP contribution < -0.4 is 0 Å². The summed E-state index contributed by atoms with van der Waals surface area (Å²) in [7, 11) is 4.45. The minimum Gasteiger partial charge on any atom is -0.481 e. The van der Waals surface area contributed by atoms with Crippen LogP contribution in [0.3, 0.4) is 0 Å². The van der Waals surface area contributed by atoms with Gasteiger partial charge in [0.15, 0.2) is 6.61 Å². The van der Waals surface area contributed by atoms with Gasteiger partial charge in [-0.25, -0.2) is 17.6 Å². The van der Waals surface area contributed by atoms with Crippen molar-refractivity contribution in [3.63, 3.8) is 0 Å². The zero-order valence-electron chi connectivity index (χ0n) is 9.56. The Morgan fingerprint density at radius 2 is 1.65 bits per heavy atom. The summed E-state index contributed by atoms with van der Waals surface area (Å²) in [4.78, 5) is 0. The van der Waals surface area contributed by atoms with Gasteiger partial charge in [0.2, 0.25) is 5.76 Å². The molecule has 0 spiro atoms. The summed E-state index contributed by atoms with van der Waals surface area (Å²) in [6.07, 6.45) is -6.22. The molecule has 0 fully saturated rings. The van der Waals surface area contributed by atoms with Gasteiger partial charge < -0.3 is 9.22 Å². The number of halogens is 6. The van der Waals surface area contributed by atoms with Crippen LogP contribution in [0.4, 0.5) is 26.3 Å². The van der Waals surface area contributed by atoms with E-state index in [2.05, 4.69) is 4.74 Å². The van der Waals surface area contributed by atoms with Crippen molar-refractivity contribution in [1.82, 2.24) is 0 Å². The van der Waals surface area contributed by atoms with Crippen molar-refractivity contribution in [2.45, 2.75) is 18.8 Å². The molecule has 0 amide bonds. The highest BCUT2D eigenvalue weighted by atomic mass is 19.3. The largest absolute Gasteiger partial charge is 0.481 e. The molecule has 102 valence electrons. The van der Waals surface area contributed by atoms with Crippen LogP contribution in [0.25, 0.3) is 0 Å². The topological polar surface area (TPSA) is 9.23 Å². The molecule has 0 saturated carbocycles. The summed E-state index contributed by atoms with van der Waals surface area (Å²) >= 11 is 0. The van der Waals surface area contributed by atoms with Crippen molar-refractivity contribution in [1.29, 1.82) is 0 Å². The van der Waals surface area contributed by atoms with Gasteiger partial charge in [0.05, 0.1) is 21.1 Å². The molecule has 0 rings (SSSR count). The average molecular weight is 266 g/mol. The molecule has 0 aromatic rings. The Kier molecular flexibility index (Phi) is 5.31. The fourth-order valence-corrected chi connectivity index (χ4v) is 0.781. The standard InChI is InChI=1S/C9H14F6NO/c1-16(2,3)4-6(7(10)11)17-5-9(14,15)8(12)13/h4,7-8H,5H2,1-3H3/q+1/b6-4+. The SMILES string of the molecule is C[N+](C)(C)/C=C(/OCC(F)(F)C(F)F)C(F)F. The zero-order chi connectivity index (χ0) is 13.9. The highest BCUT2D eigenvalue weighted by Gasteiger charge is 2.42. The first-order chi connectivity index (χ1) is 7.46. The average Bonchev–Trinajstić information content (AvgIpc) is 2.09. The molecule has 0 aliphatic rings. The first-order valence-electron chi connectivity index (χ1n) is 4.56. The van der Waals surface area contributed by atoms with Crippen LogP contribution in [0.5, 0.6) is 0 Å². The Morgan fingerprint density at radius 3 is 1.94 bits per heavy atom. The van der Waals surface area contributed by atoms with E-state index in [1.165, 1.54) is 21.1 Å². The van der Waals surface area contributed by atoms with E-state index in [0.717, 1.165) is 6.20 Å². The Hall–Kier alpha value is -0.920. The number of rotatable bonds is 6. The van der Waals surface area contributed by atoms with Crippen LogP contribution in [0.2, 0.25) is 0 Å². The molecular weight excluding hydrogens is 252 g/mol. The maximum absolute atomic E-state index is 12.5. The van der Waals surface area contributed by atoms with E-state index in [0.29, 0.717) is 0 Å². The lowest BCUT2D eigenvalue weighted by Gasteiger charge is -2.21. The second-order valence-electron chi connectivity index (χ2n) is 4.30. The molecule has 0 saturated heterocycles. The number of alkyl halides is 6. The van der Waals surface area contributed by atoms with E-state index in [4.69, 9.17) is 0 Å². The van der Waals surface area contributed by atoms with Gasteiger partial charge in [-0.3, -0.25) is 0 Å². The summed E-state index contributed by atoms with van der Waals surface area (Å²) in [5.41, 5.74) is 0. The Labute approximate surface area is 95.0 Å². The van der Waals surface area contributed by atoms with Crippen molar-refractivity contribution < 1.29 is 35.6 Å². The number of hydrogen-bond acceptors (Lipinski definition) is 1. The van der Waals surface area contributed by atoms with Gasteiger partial charge in [-0.05, 0) is 0 Å². The molecular formula is C9H14F6NO+. The first kappa shape index (κ1) is 16.1. The van der Waals surface area contributed by atoms with Crippen LogP contribution in [0.1, 0.15) is 0 Å². The molecule has 0 aromatic heterocycles. The summed E-state index contributed by atoms with van der Waals surface area (Å²) in [5, 5.41) is 0. The Bertz CT molecular complexity index is 271. The highest BCUT2D eigenvalue weighted by molar-refractivity contribution is 4.92. The molecule has 17 heavy (non-hydrogen) atoms. The van der Waals surface area contributed by atoms with E-state index in [1.54, 1.807) is 0 Å². The van der Waals surface area contributed by atoms with Gasteiger partial charge in [-0.2, -0.15) is 8.78 Å². The number of nitrogens with zero attached hydrogens (tertiary/aromatic N) is 1. The van der Waals surface area contributed by atoms with Gasteiger partial charge >= 0.3 is 12.3 Å². The van der Waals surface area contributed by atoms with Gasteiger partial charge in [0, 0.05) is 0 Å². The molecule has 8 heteroatoms. The quantitative estimate of drug-likeness (QED) is 0.408. The normalized spacial score (nSPS) is 14.6. The predicted octanol–water partition coefficient (Wildman–Crippen LogP) is 2.72. The Balaban J connectivity index is 4.66. The van der Waals surface area contributed by atoms with Gasteiger partial charge in [0.25, 0.3) is 6.43 Å². The fourth-order valence-electron chi connectivity index (χ4n) is 0.781. The van der Waals surface area contributed by atoms with Crippen LogP contribution in [0.15, 0.2) is 12.0 Å². The predicted molar refractivity (Wildman–Crippen MR) is 49.0 cm³/mol. The second kappa shape index (κ2) is 5.61. The Morgan fingerprint density at radius 1 is 1.18 bits per heavy atom. The molecule has 0 radical (unpaired) electrons. The maximum atomic E-state index is 12.5. The molecule has 0 aliphatic carbocycles.